The van der Waals surface area contributed by atoms with Crippen LogP contribution >= 0.6 is 0 Å². The minimum atomic E-state index is -1.64. The van der Waals surface area contributed by atoms with E-state index >= 15 is 0 Å². The molecule has 0 aliphatic heterocycles. The van der Waals surface area contributed by atoms with Gasteiger partial charge in [-0.2, -0.15) is 0 Å². The summed E-state index contributed by atoms with van der Waals surface area (Å²) < 4.78 is 0. The molecular formula is C54H38O2. The molecule has 0 amide bonds. The lowest BCUT2D eigenvalue weighted by molar-refractivity contribution is 0.0756. The molecule has 2 unspecified atom stereocenters. The Labute approximate surface area is 327 Å². The van der Waals surface area contributed by atoms with Crippen molar-refractivity contribution in [3.05, 3.63) is 252 Å². The third-order valence-electron chi connectivity index (χ3n) is 11.6. The van der Waals surface area contributed by atoms with E-state index in [-0.39, 0.29) is 0 Å². The number of benzene rings is 9. The average molecular weight is 719 g/mol. The third-order valence-corrected chi connectivity index (χ3v) is 11.6. The van der Waals surface area contributed by atoms with Gasteiger partial charge in [0.15, 0.2) is 0 Å². The Kier molecular flexibility index (Phi) is 8.11. The van der Waals surface area contributed by atoms with E-state index < -0.39 is 11.2 Å². The first kappa shape index (κ1) is 33.7. The first-order valence-electron chi connectivity index (χ1n) is 19.1. The predicted octanol–water partition coefficient (Wildman–Crippen LogP) is 12.4. The maximum absolute atomic E-state index is 14.0. The van der Waals surface area contributed by atoms with Crippen molar-refractivity contribution in [2.75, 3.05) is 0 Å². The molecule has 2 N–H and O–H groups in total. The first-order chi connectivity index (χ1) is 27.5. The van der Waals surface area contributed by atoms with Crippen LogP contribution in [0.3, 0.4) is 0 Å². The molecule has 9 aromatic carbocycles. The van der Waals surface area contributed by atoms with E-state index in [1.165, 1.54) is 0 Å². The lowest BCUT2D eigenvalue weighted by Crippen LogP contribution is -2.44. The molecule has 1 aliphatic rings. The molecule has 2 heteroatoms. The Morgan fingerprint density at radius 2 is 0.554 bits per heavy atom. The number of hydrogen-bond acceptors (Lipinski definition) is 2. The summed E-state index contributed by atoms with van der Waals surface area (Å²) in [7, 11) is 0. The van der Waals surface area contributed by atoms with Gasteiger partial charge in [-0.3, -0.25) is 0 Å². The van der Waals surface area contributed by atoms with Crippen LogP contribution in [0.15, 0.2) is 218 Å². The predicted molar refractivity (Wildman–Crippen MR) is 229 cm³/mol. The number of fused-ring (bicyclic) bond motifs is 3. The summed E-state index contributed by atoms with van der Waals surface area (Å²) in [5.41, 5.74) is 8.94. The molecule has 2 nitrogen and oxygen atoms in total. The molecule has 0 heterocycles. The molecule has 2 atom stereocenters. The number of aliphatic hydroxyl groups is 2. The molecule has 0 bridgehead atoms. The van der Waals surface area contributed by atoms with Gasteiger partial charge in [-0.25, -0.2) is 0 Å². The van der Waals surface area contributed by atoms with Gasteiger partial charge in [0.05, 0.1) is 0 Å². The second-order valence-corrected chi connectivity index (χ2v) is 14.7. The van der Waals surface area contributed by atoms with Gasteiger partial charge in [-0.05, 0) is 90.7 Å². The quantitative estimate of drug-likeness (QED) is 0.180. The van der Waals surface area contributed by atoms with Crippen molar-refractivity contribution in [3.63, 3.8) is 0 Å². The fourth-order valence-corrected chi connectivity index (χ4v) is 8.88. The highest BCUT2D eigenvalue weighted by atomic mass is 16.3. The van der Waals surface area contributed by atoms with Crippen molar-refractivity contribution in [2.24, 2.45) is 0 Å². The fraction of sp³-hybridized carbons (Fsp3) is 0.0370. The molecule has 0 aromatic heterocycles. The zero-order valence-electron chi connectivity index (χ0n) is 30.7. The molecule has 0 radical (unpaired) electrons. The third kappa shape index (κ3) is 5.34. The highest BCUT2D eigenvalue weighted by Gasteiger charge is 2.52. The van der Waals surface area contributed by atoms with Gasteiger partial charge in [0.2, 0.25) is 0 Å². The van der Waals surface area contributed by atoms with Gasteiger partial charge < -0.3 is 10.2 Å². The van der Waals surface area contributed by atoms with Crippen LogP contribution in [0.25, 0.3) is 55.3 Å². The normalized spacial score (nSPS) is 17.2. The molecule has 0 saturated heterocycles. The Morgan fingerprint density at radius 3 is 0.929 bits per heavy atom. The first-order valence-corrected chi connectivity index (χ1v) is 19.1. The fourth-order valence-electron chi connectivity index (χ4n) is 8.88. The SMILES string of the molecule is OC1(c2ccc(-c3ccccc3)cc2-c2ccccc2)c2ccccc2C(O)(c2ccc(-c3ccccc3)cc2-c2ccccc2)c2cc3ccccc3cc21. The Hall–Kier alpha value is -6.84. The molecular weight excluding hydrogens is 681 g/mol. The molecule has 1 aliphatic carbocycles. The van der Waals surface area contributed by atoms with Crippen molar-refractivity contribution in [1.82, 2.24) is 0 Å². The molecule has 10 rings (SSSR count). The van der Waals surface area contributed by atoms with Crippen molar-refractivity contribution in [1.29, 1.82) is 0 Å². The van der Waals surface area contributed by atoms with Crippen LogP contribution in [-0.4, -0.2) is 10.2 Å². The largest absolute Gasteiger partial charge is 0.376 e. The van der Waals surface area contributed by atoms with Crippen molar-refractivity contribution < 1.29 is 10.2 Å². The molecule has 0 spiro atoms. The van der Waals surface area contributed by atoms with Crippen LogP contribution in [0, 0.1) is 0 Å². The van der Waals surface area contributed by atoms with Gasteiger partial charge in [-0.1, -0.05) is 194 Å². The van der Waals surface area contributed by atoms with Crippen molar-refractivity contribution in [2.45, 2.75) is 11.2 Å². The van der Waals surface area contributed by atoms with E-state index in [2.05, 4.69) is 133 Å². The smallest absolute Gasteiger partial charge is 0.141 e. The van der Waals surface area contributed by atoms with Crippen LogP contribution in [-0.2, 0) is 11.2 Å². The summed E-state index contributed by atoms with van der Waals surface area (Å²) in [5.74, 6) is 0. The second-order valence-electron chi connectivity index (χ2n) is 14.7. The summed E-state index contributed by atoms with van der Waals surface area (Å²) in [5, 5.41) is 29.9. The number of rotatable bonds is 6. The second kappa shape index (κ2) is 13.5. The van der Waals surface area contributed by atoms with Crippen LogP contribution in [0.5, 0.6) is 0 Å². The van der Waals surface area contributed by atoms with Crippen molar-refractivity contribution >= 4 is 10.8 Å². The Balaban J connectivity index is 1.30. The van der Waals surface area contributed by atoms with E-state index in [9.17, 15) is 10.2 Å². The van der Waals surface area contributed by atoms with Crippen LogP contribution in [0.2, 0.25) is 0 Å². The summed E-state index contributed by atoms with van der Waals surface area (Å²) in [4.78, 5) is 0. The van der Waals surface area contributed by atoms with Gasteiger partial charge in [0.25, 0.3) is 0 Å². The molecule has 0 fully saturated rings. The summed E-state index contributed by atoms with van der Waals surface area (Å²) >= 11 is 0. The summed E-state index contributed by atoms with van der Waals surface area (Å²) in [6, 6.07) is 74.3. The monoisotopic (exact) mass is 718 g/mol. The van der Waals surface area contributed by atoms with Gasteiger partial charge in [0.1, 0.15) is 11.2 Å². The van der Waals surface area contributed by atoms with E-state index in [4.69, 9.17) is 0 Å². The van der Waals surface area contributed by atoms with Crippen LogP contribution in [0.1, 0.15) is 33.4 Å². The lowest BCUT2D eigenvalue weighted by atomic mass is 9.61. The maximum Gasteiger partial charge on any atom is 0.141 e. The highest BCUT2D eigenvalue weighted by Crippen LogP contribution is 2.57. The topological polar surface area (TPSA) is 40.5 Å². The van der Waals surface area contributed by atoms with E-state index in [1.54, 1.807) is 0 Å². The van der Waals surface area contributed by atoms with E-state index in [1.807, 2.05) is 84.9 Å². The van der Waals surface area contributed by atoms with Gasteiger partial charge in [0, 0.05) is 22.3 Å². The summed E-state index contributed by atoms with van der Waals surface area (Å²) in [6.07, 6.45) is 0. The molecule has 9 aromatic rings. The highest BCUT2D eigenvalue weighted by molar-refractivity contribution is 5.89. The summed E-state index contributed by atoms with van der Waals surface area (Å²) in [6.45, 7) is 0. The maximum atomic E-state index is 14.0. The van der Waals surface area contributed by atoms with Gasteiger partial charge in [-0.15, -0.1) is 0 Å². The zero-order chi connectivity index (χ0) is 37.7. The van der Waals surface area contributed by atoms with Crippen LogP contribution < -0.4 is 0 Å². The molecule has 266 valence electrons. The minimum Gasteiger partial charge on any atom is -0.376 e. The van der Waals surface area contributed by atoms with E-state index in [0.717, 1.165) is 66.4 Å². The molecule has 0 saturated carbocycles. The molecule has 56 heavy (non-hydrogen) atoms. The van der Waals surface area contributed by atoms with E-state index in [0.29, 0.717) is 22.3 Å². The Morgan fingerprint density at radius 1 is 0.232 bits per heavy atom. The lowest BCUT2D eigenvalue weighted by Gasteiger charge is -2.46. The average Bonchev–Trinajstić information content (AvgIpc) is 3.28. The van der Waals surface area contributed by atoms with Crippen LogP contribution in [0.4, 0.5) is 0 Å². The standard InChI is InChI=1S/C54H38O2/c55-53(47-31-29-43(37-17-5-1-6-18-37)33-45(47)39-21-9-3-10-22-39)49-27-15-16-28-50(49)54(56,52-36-42-26-14-13-25-41(42)35-51(52)53)48-32-30-44(38-19-7-2-8-20-38)34-46(48)40-23-11-4-12-24-40/h1-36,55-56H. The van der Waals surface area contributed by atoms with Gasteiger partial charge >= 0.3 is 0 Å². The zero-order valence-corrected chi connectivity index (χ0v) is 30.7. The minimum absolute atomic E-state index is 0.640. The Bertz CT molecular complexity index is 2670. The van der Waals surface area contributed by atoms with Crippen molar-refractivity contribution in [3.8, 4) is 44.5 Å². The number of hydrogen-bond donors (Lipinski definition) is 2.